The first-order valence-corrected chi connectivity index (χ1v) is 7.50. The first-order valence-electron chi connectivity index (χ1n) is 7.50. The third-order valence-electron chi connectivity index (χ3n) is 3.97. The van der Waals surface area contributed by atoms with Crippen LogP contribution in [0.25, 0.3) is 0 Å². The highest BCUT2D eigenvalue weighted by Crippen LogP contribution is 2.24. The van der Waals surface area contributed by atoms with Crippen LogP contribution in [-0.2, 0) is 13.6 Å². The molecule has 1 aliphatic carbocycles. The third-order valence-corrected chi connectivity index (χ3v) is 3.97. The highest BCUT2D eigenvalue weighted by molar-refractivity contribution is 5.60. The van der Waals surface area contributed by atoms with Gasteiger partial charge in [-0.2, -0.15) is 0 Å². The zero-order valence-electron chi connectivity index (χ0n) is 13.1. The molecule has 0 aliphatic heterocycles. The maximum Gasteiger partial charge on any atom is 0.332 e. The SMILES string of the molecule is CCCn1c(N)c(NCCN(C)C2CC2)c(=O)n(C)c1=O. The van der Waals surface area contributed by atoms with E-state index < -0.39 is 0 Å². The van der Waals surface area contributed by atoms with Crippen molar-refractivity contribution in [2.24, 2.45) is 7.05 Å². The van der Waals surface area contributed by atoms with Crippen molar-refractivity contribution in [1.29, 1.82) is 0 Å². The highest BCUT2D eigenvalue weighted by atomic mass is 16.2. The van der Waals surface area contributed by atoms with E-state index in [1.165, 1.54) is 24.5 Å². The van der Waals surface area contributed by atoms with Crippen LogP contribution in [0.1, 0.15) is 26.2 Å². The molecule has 7 heteroatoms. The van der Waals surface area contributed by atoms with Gasteiger partial charge in [0.2, 0.25) is 0 Å². The van der Waals surface area contributed by atoms with Crippen LogP contribution in [0.2, 0.25) is 0 Å². The minimum atomic E-state index is -0.362. The number of nitrogens with two attached hydrogens (primary N) is 1. The second-order valence-electron chi connectivity index (χ2n) is 5.70. The molecule has 1 heterocycles. The fourth-order valence-corrected chi connectivity index (χ4v) is 2.44. The Morgan fingerprint density at radius 1 is 1.38 bits per heavy atom. The van der Waals surface area contributed by atoms with E-state index in [2.05, 4.69) is 17.3 Å². The van der Waals surface area contributed by atoms with Crippen molar-refractivity contribution in [2.45, 2.75) is 38.8 Å². The molecular weight excluding hydrogens is 270 g/mol. The minimum absolute atomic E-state index is 0.235. The Labute approximate surface area is 124 Å². The number of nitrogens with one attached hydrogen (secondary N) is 1. The summed E-state index contributed by atoms with van der Waals surface area (Å²) in [7, 11) is 3.57. The molecule has 0 atom stereocenters. The number of nitrogen functional groups attached to an aromatic ring is 1. The molecule has 21 heavy (non-hydrogen) atoms. The summed E-state index contributed by atoms with van der Waals surface area (Å²) < 4.78 is 2.56. The maximum absolute atomic E-state index is 12.2. The topological polar surface area (TPSA) is 85.3 Å². The Hall–Kier alpha value is -1.76. The molecule has 2 rings (SSSR count). The molecule has 0 amide bonds. The molecule has 0 spiro atoms. The van der Waals surface area contributed by atoms with Crippen LogP contribution in [0.5, 0.6) is 0 Å². The van der Waals surface area contributed by atoms with Gasteiger partial charge in [-0.25, -0.2) is 4.79 Å². The van der Waals surface area contributed by atoms with Crippen molar-refractivity contribution in [3.8, 4) is 0 Å². The van der Waals surface area contributed by atoms with Crippen molar-refractivity contribution >= 4 is 11.5 Å². The molecule has 0 bridgehead atoms. The minimum Gasteiger partial charge on any atom is -0.383 e. The van der Waals surface area contributed by atoms with Crippen LogP contribution < -0.4 is 22.3 Å². The monoisotopic (exact) mass is 295 g/mol. The summed E-state index contributed by atoms with van der Waals surface area (Å²) in [6, 6.07) is 0.682. The fourth-order valence-electron chi connectivity index (χ4n) is 2.44. The van der Waals surface area contributed by atoms with Crippen molar-refractivity contribution < 1.29 is 0 Å². The lowest BCUT2D eigenvalue weighted by atomic mass is 10.4. The van der Waals surface area contributed by atoms with Crippen LogP contribution in [0.4, 0.5) is 11.5 Å². The summed E-state index contributed by atoms with van der Waals surface area (Å²) >= 11 is 0. The van der Waals surface area contributed by atoms with E-state index in [0.29, 0.717) is 24.8 Å². The number of anilines is 2. The van der Waals surface area contributed by atoms with Gasteiger partial charge in [0.25, 0.3) is 5.56 Å². The lowest BCUT2D eigenvalue weighted by Gasteiger charge is -2.18. The largest absolute Gasteiger partial charge is 0.383 e. The molecule has 0 aromatic carbocycles. The Kier molecular flexibility index (Phi) is 4.72. The van der Waals surface area contributed by atoms with Crippen molar-refractivity contribution in [2.75, 3.05) is 31.2 Å². The average Bonchev–Trinajstić information content (AvgIpc) is 3.29. The predicted octanol–water partition coefficient (Wildman–Crippen LogP) is 0.0453. The molecule has 1 aromatic rings. The van der Waals surface area contributed by atoms with Crippen LogP contribution in [0, 0.1) is 0 Å². The molecule has 0 unspecified atom stereocenters. The number of hydrogen-bond donors (Lipinski definition) is 2. The normalized spacial score (nSPS) is 14.7. The molecule has 1 aromatic heterocycles. The van der Waals surface area contributed by atoms with Gasteiger partial charge in [0, 0.05) is 32.7 Å². The Balaban J connectivity index is 2.17. The summed E-state index contributed by atoms with van der Waals surface area (Å²) in [4.78, 5) is 26.5. The van der Waals surface area contributed by atoms with Gasteiger partial charge in [0.1, 0.15) is 11.5 Å². The number of aromatic nitrogens is 2. The van der Waals surface area contributed by atoms with E-state index in [9.17, 15) is 9.59 Å². The quantitative estimate of drug-likeness (QED) is 0.742. The lowest BCUT2D eigenvalue weighted by molar-refractivity contribution is 0.337. The van der Waals surface area contributed by atoms with Gasteiger partial charge in [-0.1, -0.05) is 6.92 Å². The van der Waals surface area contributed by atoms with E-state index in [0.717, 1.165) is 17.5 Å². The van der Waals surface area contributed by atoms with E-state index in [4.69, 9.17) is 5.73 Å². The summed E-state index contributed by atoms with van der Waals surface area (Å²) in [5, 5.41) is 3.10. The van der Waals surface area contributed by atoms with Gasteiger partial charge in [-0.15, -0.1) is 0 Å². The Morgan fingerprint density at radius 3 is 2.62 bits per heavy atom. The molecular formula is C14H25N5O2. The Morgan fingerprint density at radius 2 is 2.05 bits per heavy atom. The molecule has 7 nitrogen and oxygen atoms in total. The van der Waals surface area contributed by atoms with Crippen LogP contribution in [-0.4, -0.2) is 40.2 Å². The van der Waals surface area contributed by atoms with E-state index in [1.54, 1.807) is 0 Å². The summed E-state index contributed by atoms with van der Waals surface area (Å²) in [6.07, 6.45) is 3.29. The number of hydrogen-bond acceptors (Lipinski definition) is 5. The third kappa shape index (κ3) is 3.29. The van der Waals surface area contributed by atoms with Gasteiger partial charge >= 0.3 is 5.69 Å². The van der Waals surface area contributed by atoms with Crippen LogP contribution in [0.15, 0.2) is 9.59 Å². The van der Waals surface area contributed by atoms with Gasteiger partial charge in [-0.3, -0.25) is 13.9 Å². The number of nitrogens with zero attached hydrogens (tertiary/aromatic N) is 3. The molecule has 0 saturated heterocycles. The van der Waals surface area contributed by atoms with Gasteiger partial charge in [-0.05, 0) is 26.3 Å². The Bertz CT molecular complexity index is 615. The van der Waals surface area contributed by atoms with Crippen LogP contribution >= 0.6 is 0 Å². The van der Waals surface area contributed by atoms with Gasteiger partial charge < -0.3 is 16.0 Å². The summed E-state index contributed by atoms with van der Waals surface area (Å²) in [6.45, 7) is 3.96. The van der Waals surface area contributed by atoms with Gasteiger partial charge in [0.15, 0.2) is 0 Å². The molecule has 3 N–H and O–H groups in total. The summed E-state index contributed by atoms with van der Waals surface area (Å²) in [5.41, 5.74) is 5.61. The van der Waals surface area contributed by atoms with Crippen LogP contribution in [0.3, 0.4) is 0 Å². The number of rotatable bonds is 7. The number of likely N-dealkylation sites (N-methyl/N-ethyl adjacent to an activating group) is 1. The van der Waals surface area contributed by atoms with Crippen molar-refractivity contribution in [3.05, 3.63) is 20.8 Å². The maximum atomic E-state index is 12.2. The van der Waals surface area contributed by atoms with E-state index >= 15 is 0 Å². The standard InChI is InChI=1S/C14H25N5O2/c1-4-8-19-12(15)11(13(20)18(3)14(19)21)16-7-9-17(2)10-5-6-10/h10,16H,4-9,15H2,1-3H3. The zero-order chi connectivity index (χ0) is 15.6. The first-order chi connectivity index (χ1) is 9.97. The van der Waals surface area contributed by atoms with E-state index in [-0.39, 0.29) is 17.1 Å². The summed E-state index contributed by atoms with van der Waals surface area (Å²) in [5.74, 6) is 0.235. The molecule has 1 aliphatic rings. The second kappa shape index (κ2) is 6.34. The predicted molar refractivity (Wildman–Crippen MR) is 84.8 cm³/mol. The highest BCUT2D eigenvalue weighted by Gasteiger charge is 2.25. The molecule has 1 saturated carbocycles. The molecule has 1 fully saturated rings. The van der Waals surface area contributed by atoms with Crippen molar-refractivity contribution in [1.82, 2.24) is 14.0 Å². The van der Waals surface area contributed by atoms with Gasteiger partial charge in [0.05, 0.1) is 0 Å². The average molecular weight is 295 g/mol. The fraction of sp³-hybridized carbons (Fsp3) is 0.714. The van der Waals surface area contributed by atoms with E-state index in [1.807, 2.05) is 6.92 Å². The second-order valence-corrected chi connectivity index (χ2v) is 5.70. The molecule has 0 radical (unpaired) electrons. The zero-order valence-corrected chi connectivity index (χ0v) is 13.1. The van der Waals surface area contributed by atoms with Crippen molar-refractivity contribution in [3.63, 3.8) is 0 Å². The molecule has 118 valence electrons. The first kappa shape index (κ1) is 15.6. The smallest absolute Gasteiger partial charge is 0.332 e. The lowest BCUT2D eigenvalue weighted by Crippen LogP contribution is -2.41.